The van der Waals surface area contributed by atoms with Gasteiger partial charge in [-0.05, 0) is 63.3 Å². The molecule has 0 aliphatic heterocycles. The predicted molar refractivity (Wildman–Crippen MR) is 150 cm³/mol. The van der Waals surface area contributed by atoms with Crippen LogP contribution in [0.25, 0.3) is 27.9 Å². The molecule has 0 saturated heterocycles. The Morgan fingerprint density at radius 1 is 1.11 bits per heavy atom. The van der Waals surface area contributed by atoms with E-state index in [-0.39, 0.29) is 23.9 Å². The summed E-state index contributed by atoms with van der Waals surface area (Å²) in [6.07, 6.45) is 5.08. The van der Waals surface area contributed by atoms with Gasteiger partial charge in [0.2, 0.25) is 5.91 Å². The lowest BCUT2D eigenvalue weighted by Crippen LogP contribution is -2.34. The van der Waals surface area contributed by atoms with Crippen LogP contribution in [0.4, 0.5) is 5.82 Å². The van der Waals surface area contributed by atoms with Crippen LogP contribution in [-0.2, 0) is 4.79 Å². The fraction of sp³-hybridized carbons (Fsp3) is 0.500. The maximum absolute atomic E-state index is 11.8. The molecule has 0 aliphatic rings. The minimum absolute atomic E-state index is 0.141. The highest BCUT2D eigenvalue weighted by molar-refractivity contribution is 5.90. The van der Waals surface area contributed by atoms with Crippen molar-refractivity contribution in [2.75, 3.05) is 26.0 Å². The molecule has 0 aromatic carbocycles. The second kappa shape index (κ2) is 10.9. The van der Waals surface area contributed by atoms with Crippen molar-refractivity contribution >= 4 is 28.4 Å². The van der Waals surface area contributed by atoms with Crippen LogP contribution in [0.1, 0.15) is 63.1 Å². The van der Waals surface area contributed by atoms with Crippen LogP contribution in [0, 0.1) is 13.8 Å². The Labute approximate surface area is 219 Å². The largest absolute Gasteiger partial charge is 0.368 e. The second-order valence-corrected chi connectivity index (χ2v) is 10.7. The summed E-state index contributed by atoms with van der Waals surface area (Å²) in [4.78, 5) is 26.5. The molecule has 1 amide bonds. The molecule has 198 valence electrons. The molecule has 0 bridgehead atoms. The Morgan fingerprint density at radius 2 is 1.86 bits per heavy atom. The van der Waals surface area contributed by atoms with Gasteiger partial charge < -0.3 is 20.5 Å². The number of aryl methyl sites for hydroxylation is 1. The first-order valence-corrected chi connectivity index (χ1v) is 13.1. The van der Waals surface area contributed by atoms with Gasteiger partial charge in [0.15, 0.2) is 5.65 Å². The van der Waals surface area contributed by atoms with Crippen LogP contribution >= 0.6 is 0 Å². The number of carbonyl (C=O) groups is 1. The number of nitrogens with one attached hydrogen (secondary N) is 3. The van der Waals surface area contributed by atoms with Crippen molar-refractivity contribution < 1.29 is 4.79 Å². The van der Waals surface area contributed by atoms with Crippen LogP contribution in [0.5, 0.6) is 0 Å². The number of anilines is 1. The average Bonchev–Trinajstić information content (AvgIpc) is 3.45. The van der Waals surface area contributed by atoms with E-state index in [0.717, 1.165) is 45.7 Å². The third-order valence-corrected chi connectivity index (χ3v) is 7.08. The van der Waals surface area contributed by atoms with Gasteiger partial charge in [-0.2, -0.15) is 5.10 Å². The molecular formula is C28H40N8O. The number of H-pyrrole nitrogens is 1. The summed E-state index contributed by atoms with van der Waals surface area (Å²) in [5, 5.41) is 11.4. The third kappa shape index (κ3) is 5.61. The Morgan fingerprint density at radius 3 is 2.57 bits per heavy atom. The van der Waals surface area contributed by atoms with Crippen LogP contribution in [0.15, 0.2) is 24.7 Å². The first kappa shape index (κ1) is 26.6. The fourth-order valence-electron chi connectivity index (χ4n) is 4.97. The SMILES string of the molecule is Cc1c(-c2[nH]c3ccc(N[C@H](C)CC(C)NCCC(=O)N(C)C)nc3c2C(C)C)cn2ncnc2c1C. The topological polar surface area (TPSA) is 103 Å². The number of aromatic amines is 1. The minimum atomic E-state index is 0.141. The molecule has 4 rings (SSSR count). The molecule has 4 aromatic heterocycles. The summed E-state index contributed by atoms with van der Waals surface area (Å²) >= 11 is 0. The molecule has 0 saturated carbocycles. The number of pyridine rings is 2. The standard InChI is InChI=1S/C28H40N8O/c1-16(2)25-26(21-14-36-28(30-15-31-36)20(6)19(21)5)33-22-9-10-23(34-27(22)25)32-18(4)13-17(3)29-12-11-24(37)35(7)8/h9-10,14-18,29,33H,11-13H2,1-8H3,(H,32,34)/t17?,18-/m1/s1. The van der Waals surface area contributed by atoms with Crippen LogP contribution in [0.3, 0.4) is 0 Å². The molecule has 37 heavy (non-hydrogen) atoms. The number of fused-ring (bicyclic) bond motifs is 2. The van der Waals surface area contributed by atoms with Gasteiger partial charge in [-0.3, -0.25) is 4.79 Å². The van der Waals surface area contributed by atoms with Gasteiger partial charge in [0.05, 0.1) is 16.7 Å². The molecule has 2 atom stereocenters. The number of nitrogens with zero attached hydrogens (tertiary/aromatic N) is 5. The van der Waals surface area contributed by atoms with E-state index < -0.39 is 0 Å². The minimum Gasteiger partial charge on any atom is -0.368 e. The van der Waals surface area contributed by atoms with E-state index in [0.29, 0.717) is 13.0 Å². The molecule has 1 unspecified atom stereocenters. The van der Waals surface area contributed by atoms with E-state index >= 15 is 0 Å². The highest BCUT2D eigenvalue weighted by atomic mass is 16.2. The maximum Gasteiger partial charge on any atom is 0.223 e. The zero-order valence-corrected chi connectivity index (χ0v) is 23.3. The zero-order chi connectivity index (χ0) is 26.9. The third-order valence-electron chi connectivity index (χ3n) is 7.08. The Balaban J connectivity index is 1.55. The van der Waals surface area contributed by atoms with Crippen molar-refractivity contribution in [3.63, 3.8) is 0 Å². The maximum atomic E-state index is 11.8. The van der Waals surface area contributed by atoms with Crippen molar-refractivity contribution in [3.05, 3.63) is 41.3 Å². The summed E-state index contributed by atoms with van der Waals surface area (Å²) in [7, 11) is 3.58. The molecule has 9 nitrogen and oxygen atoms in total. The van der Waals surface area contributed by atoms with E-state index in [1.54, 1.807) is 25.3 Å². The lowest BCUT2D eigenvalue weighted by Gasteiger charge is -2.20. The van der Waals surface area contributed by atoms with Gasteiger partial charge in [-0.15, -0.1) is 0 Å². The molecule has 0 aliphatic carbocycles. The molecule has 0 fully saturated rings. The average molecular weight is 505 g/mol. The Kier molecular flexibility index (Phi) is 7.82. The van der Waals surface area contributed by atoms with E-state index in [9.17, 15) is 4.79 Å². The lowest BCUT2D eigenvalue weighted by atomic mass is 9.95. The number of rotatable bonds is 10. The molecular weight excluding hydrogens is 464 g/mol. The highest BCUT2D eigenvalue weighted by Gasteiger charge is 2.21. The van der Waals surface area contributed by atoms with Gasteiger partial charge in [0, 0.05) is 56.5 Å². The zero-order valence-electron chi connectivity index (χ0n) is 23.3. The van der Waals surface area contributed by atoms with Gasteiger partial charge in [-0.1, -0.05) is 13.8 Å². The number of aromatic nitrogens is 5. The molecule has 0 spiro atoms. The van der Waals surface area contributed by atoms with E-state index in [2.05, 4.69) is 79.5 Å². The van der Waals surface area contributed by atoms with Gasteiger partial charge in [-0.25, -0.2) is 14.5 Å². The van der Waals surface area contributed by atoms with E-state index in [1.807, 2.05) is 10.6 Å². The molecule has 4 heterocycles. The van der Waals surface area contributed by atoms with Crippen molar-refractivity contribution in [3.8, 4) is 11.3 Å². The number of amides is 1. The van der Waals surface area contributed by atoms with Crippen molar-refractivity contribution in [1.82, 2.24) is 34.8 Å². The summed E-state index contributed by atoms with van der Waals surface area (Å²) in [6.45, 7) is 13.7. The van der Waals surface area contributed by atoms with Gasteiger partial charge in [0.25, 0.3) is 0 Å². The Bertz CT molecular complexity index is 1400. The quantitative estimate of drug-likeness (QED) is 0.290. The summed E-state index contributed by atoms with van der Waals surface area (Å²) in [5.41, 5.74) is 8.62. The van der Waals surface area contributed by atoms with Crippen LogP contribution in [-0.4, -0.2) is 68.1 Å². The first-order chi connectivity index (χ1) is 17.6. The predicted octanol–water partition coefficient (Wildman–Crippen LogP) is 4.66. The monoisotopic (exact) mass is 504 g/mol. The summed E-state index contributed by atoms with van der Waals surface area (Å²) < 4.78 is 1.85. The lowest BCUT2D eigenvalue weighted by molar-refractivity contribution is -0.128. The normalized spacial score (nSPS) is 13.4. The first-order valence-electron chi connectivity index (χ1n) is 13.1. The molecule has 0 radical (unpaired) electrons. The van der Waals surface area contributed by atoms with E-state index in [1.165, 1.54) is 11.1 Å². The van der Waals surface area contributed by atoms with Crippen molar-refractivity contribution in [2.24, 2.45) is 0 Å². The highest BCUT2D eigenvalue weighted by Crippen LogP contribution is 2.37. The fourth-order valence-corrected chi connectivity index (χ4v) is 4.97. The summed E-state index contributed by atoms with van der Waals surface area (Å²) in [6, 6.07) is 4.65. The van der Waals surface area contributed by atoms with Gasteiger partial charge >= 0.3 is 0 Å². The van der Waals surface area contributed by atoms with Crippen LogP contribution in [0.2, 0.25) is 0 Å². The van der Waals surface area contributed by atoms with Gasteiger partial charge in [0.1, 0.15) is 12.1 Å². The number of hydrogen-bond donors (Lipinski definition) is 3. The number of hydrogen-bond acceptors (Lipinski definition) is 6. The van der Waals surface area contributed by atoms with Crippen molar-refractivity contribution in [2.45, 2.75) is 72.4 Å². The second-order valence-electron chi connectivity index (χ2n) is 10.7. The Hall–Kier alpha value is -3.46. The molecule has 4 aromatic rings. The van der Waals surface area contributed by atoms with Crippen LogP contribution < -0.4 is 10.6 Å². The van der Waals surface area contributed by atoms with E-state index in [4.69, 9.17) is 4.98 Å². The summed E-state index contributed by atoms with van der Waals surface area (Å²) in [5.74, 6) is 1.29. The van der Waals surface area contributed by atoms with Crippen molar-refractivity contribution in [1.29, 1.82) is 0 Å². The molecule has 9 heteroatoms. The molecule has 3 N–H and O–H groups in total. The smallest absolute Gasteiger partial charge is 0.223 e. The number of carbonyl (C=O) groups excluding carboxylic acids is 1.